The number of hydrogen-bond donors (Lipinski definition) is 0. The van der Waals surface area contributed by atoms with Gasteiger partial charge in [0.15, 0.2) is 0 Å². The molecule has 0 amide bonds. The molecule has 0 bridgehead atoms. The van der Waals surface area contributed by atoms with Crippen LogP contribution in [0.1, 0.15) is 20.3 Å². The molecule has 1 heteroatoms. The van der Waals surface area contributed by atoms with Crippen molar-refractivity contribution in [2.75, 3.05) is 0 Å². The molecule has 0 rings (SSSR count). The first-order valence-corrected chi connectivity index (χ1v) is 3.04. The maximum atomic E-state index is 2.18. The fraction of sp³-hybridized carbons (Fsp3) is 0.750. The molecule has 0 radical (unpaired) electrons. The molecule has 0 nitrogen and oxygen atoms in total. The molecule has 0 aromatic heterocycles. The van der Waals surface area contributed by atoms with Crippen LogP contribution in [0.25, 0.3) is 0 Å². The first kappa shape index (κ1) is 5.75. The average Bonchev–Trinajstić information content (AvgIpc) is 1.38. The van der Waals surface area contributed by atoms with Gasteiger partial charge in [-0.1, -0.05) is 0 Å². The summed E-state index contributed by atoms with van der Waals surface area (Å²) in [4.78, 5) is 0. The number of rotatable bonds is 1. The van der Waals surface area contributed by atoms with Crippen LogP contribution < -0.4 is 0 Å². The second-order valence-corrected chi connectivity index (χ2v) is 3.23. The Kier molecular flexibility index (Phi) is 3.41. The van der Waals surface area contributed by atoms with Crippen molar-refractivity contribution in [3.05, 3.63) is 0 Å². The zero-order valence-corrected chi connectivity index (χ0v) is 6.17. The van der Waals surface area contributed by atoms with E-state index in [1.165, 1.54) is 6.42 Å². The van der Waals surface area contributed by atoms with Crippen molar-refractivity contribution < 1.29 is 24.2 Å². The van der Waals surface area contributed by atoms with Gasteiger partial charge in [-0.05, 0) is 0 Å². The number of hydrogen-bond acceptors (Lipinski definition) is 0. The summed E-state index contributed by atoms with van der Waals surface area (Å²) in [6.07, 6.45) is 1.26. The Morgan fingerprint density at radius 2 is 2.00 bits per heavy atom. The predicted octanol–water partition coefficient (Wildman–Crippen LogP) is 1.14. The molecule has 0 heterocycles. The molecule has 26 valence electrons. The molecule has 5 heavy (non-hydrogen) atoms. The Morgan fingerprint density at radius 1 is 1.80 bits per heavy atom. The minimum absolute atomic E-state index is 1.26. The van der Waals surface area contributed by atoms with E-state index in [0.29, 0.717) is 0 Å². The van der Waals surface area contributed by atoms with Crippen LogP contribution in [-0.4, -0.2) is 3.21 Å². The van der Waals surface area contributed by atoms with Crippen LogP contribution in [0.15, 0.2) is 0 Å². The van der Waals surface area contributed by atoms with E-state index >= 15 is 0 Å². The second kappa shape index (κ2) is 2.96. The molecule has 0 unspecified atom stereocenters. The van der Waals surface area contributed by atoms with E-state index < -0.39 is 0 Å². The molecule has 0 atom stereocenters. The quantitative estimate of drug-likeness (QED) is 0.522. The predicted molar refractivity (Wildman–Crippen MR) is 21.0 cm³/mol. The van der Waals surface area contributed by atoms with Gasteiger partial charge in [-0.25, -0.2) is 0 Å². The summed E-state index contributed by atoms with van der Waals surface area (Å²) < 4.78 is 1.59. The monoisotopic (exact) mass is 146 g/mol. The Hall–Kier alpha value is 0.753. The molecule has 0 aromatic carbocycles. The zero-order valence-electron chi connectivity index (χ0n) is 3.71. The third-order valence-electron chi connectivity index (χ3n) is 0.530. The van der Waals surface area contributed by atoms with E-state index in [1.807, 2.05) is 0 Å². The molecular weight excluding hydrogens is 139 g/mol. The summed E-state index contributed by atoms with van der Waals surface area (Å²) in [5.41, 5.74) is 0. The summed E-state index contributed by atoms with van der Waals surface area (Å²) in [6.45, 7) is 4.36. The summed E-state index contributed by atoms with van der Waals surface area (Å²) in [6, 6.07) is 0. The first-order valence-electron chi connectivity index (χ1n) is 1.81. The van der Waals surface area contributed by atoms with E-state index in [-0.39, 0.29) is 0 Å². The first-order chi connectivity index (χ1) is 2.27. The summed E-state index contributed by atoms with van der Waals surface area (Å²) in [5, 5.41) is 0. The van der Waals surface area contributed by atoms with Gasteiger partial charge >= 0.3 is 47.7 Å². The van der Waals surface area contributed by atoms with Crippen LogP contribution in [0.2, 0.25) is 0 Å². The molecule has 0 aliphatic rings. The van der Waals surface area contributed by atoms with Crippen LogP contribution in [-0.2, 0) is 24.2 Å². The Labute approximate surface area is 47.9 Å². The van der Waals surface area contributed by atoms with Crippen LogP contribution in [0, 0.1) is 0 Å². The van der Waals surface area contributed by atoms with Crippen LogP contribution in [0.3, 0.4) is 0 Å². The topological polar surface area (TPSA) is 0 Å². The molecule has 0 aromatic rings. The van der Waals surface area contributed by atoms with Gasteiger partial charge in [-0.15, -0.1) is 0 Å². The second-order valence-electron chi connectivity index (χ2n) is 1.13. The summed E-state index contributed by atoms with van der Waals surface area (Å²) >= 11 is 1.59. The minimum atomic E-state index is 1.26. The third kappa shape index (κ3) is 4.75. The van der Waals surface area contributed by atoms with Crippen LogP contribution in [0.5, 0.6) is 0 Å². The Morgan fingerprint density at radius 3 is 2.00 bits per heavy atom. The van der Waals surface area contributed by atoms with E-state index in [0.717, 1.165) is 0 Å². The van der Waals surface area contributed by atoms with Crippen molar-refractivity contribution in [2.45, 2.75) is 20.3 Å². The van der Waals surface area contributed by atoms with Gasteiger partial charge in [-0.3, -0.25) is 0 Å². The molecule has 0 spiro atoms. The maximum absolute atomic E-state index is 2.18. The van der Waals surface area contributed by atoms with Crippen molar-refractivity contribution in [2.24, 2.45) is 0 Å². The summed E-state index contributed by atoms with van der Waals surface area (Å²) in [7, 11) is 0. The van der Waals surface area contributed by atoms with Gasteiger partial charge in [0.2, 0.25) is 0 Å². The van der Waals surface area contributed by atoms with E-state index in [2.05, 4.69) is 13.8 Å². The van der Waals surface area contributed by atoms with E-state index in [4.69, 9.17) is 0 Å². The fourth-order valence-electron chi connectivity index (χ4n) is 0. The van der Waals surface area contributed by atoms with Crippen molar-refractivity contribution in [1.29, 1.82) is 0 Å². The average molecular weight is 147 g/mol. The Bertz CT molecular complexity index is 38.9. The van der Waals surface area contributed by atoms with Gasteiger partial charge in [-0.2, -0.15) is 0 Å². The zero-order chi connectivity index (χ0) is 4.28. The van der Waals surface area contributed by atoms with Crippen molar-refractivity contribution >= 4 is 3.21 Å². The Balaban J connectivity index is 2.85. The van der Waals surface area contributed by atoms with Gasteiger partial charge in [0, 0.05) is 0 Å². The van der Waals surface area contributed by atoms with Crippen molar-refractivity contribution in [3.63, 3.8) is 0 Å². The molecule has 0 aliphatic carbocycles. The summed E-state index contributed by atoms with van der Waals surface area (Å²) in [5.74, 6) is 0. The van der Waals surface area contributed by atoms with Gasteiger partial charge in [0.05, 0.1) is 0 Å². The standard InChI is InChI=1S/C4H8.Zr/c1-3-4-2;/h3H2,1-2H3;/q;+2. The SMILES string of the molecule is CC[C](C)=[Zr+2]. The molecule has 0 saturated heterocycles. The van der Waals surface area contributed by atoms with E-state index in [1.54, 1.807) is 27.4 Å². The normalized spacial score (nSPS) is 8.00. The molecular formula is C4H8Zr+2. The van der Waals surface area contributed by atoms with Crippen LogP contribution in [0.4, 0.5) is 0 Å². The van der Waals surface area contributed by atoms with E-state index in [9.17, 15) is 0 Å². The van der Waals surface area contributed by atoms with Gasteiger partial charge < -0.3 is 0 Å². The molecule has 0 saturated carbocycles. The molecule has 0 aliphatic heterocycles. The van der Waals surface area contributed by atoms with Gasteiger partial charge in [0.1, 0.15) is 0 Å². The molecule has 0 N–H and O–H groups in total. The fourth-order valence-corrected chi connectivity index (χ4v) is 0. The van der Waals surface area contributed by atoms with Gasteiger partial charge in [0.25, 0.3) is 0 Å². The van der Waals surface area contributed by atoms with Crippen LogP contribution >= 0.6 is 0 Å². The third-order valence-corrected chi connectivity index (χ3v) is 1.40. The van der Waals surface area contributed by atoms with Crippen molar-refractivity contribution in [3.8, 4) is 0 Å². The van der Waals surface area contributed by atoms with Crippen molar-refractivity contribution in [1.82, 2.24) is 0 Å². The molecule has 0 fully saturated rings.